The van der Waals surface area contributed by atoms with E-state index in [0.29, 0.717) is 50.0 Å². The number of ether oxygens (including phenoxy) is 3. The Morgan fingerprint density at radius 1 is 1.09 bits per heavy atom. The van der Waals surface area contributed by atoms with Crippen molar-refractivity contribution in [3.05, 3.63) is 120 Å². The summed E-state index contributed by atoms with van der Waals surface area (Å²) in [5.41, 5.74) is 3.16. The molecule has 3 aromatic carbocycles. The van der Waals surface area contributed by atoms with E-state index in [0.717, 1.165) is 30.4 Å². The van der Waals surface area contributed by atoms with E-state index in [1.807, 2.05) is 55.5 Å². The zero-order valence-electron chi connectivity index (χ0n) is 24.2. The van der Waals surface area contributed by atoms with Crippen LogP contribution in [0, 0.1) is 7.14 Å². The van der Waals surface area contributed by atoms with Gasteiger partial charge in [-0.3, -0.25) is 9.36 Å². The monoisotopic (exact) mass is 854 g/mol. The largest absolute Gasteiger partial charge is 0.496 e. The maximum absolute atomic E-state index is 14.2. The van der Waals surface area contributed by atoms with Crippen LogP contribution in [0.4, 0.5) is 0 Å². The van der Waals surface area contributed by atoms with Crippen molar-refractivity contribution in [3.63, 3.8) is 0 Å². The average molecular weight is 855 g/mol. The first kappa shape index (κ1) is 32.7. The Balaban J connectivity index is 1.64. The molecule has 0 fully saturated rings. The Kier molecular flexibility index (Phi) is 10.9. The second kappa shape index (κ2) is 14.6. The van der Waals surface area contributed by atoms with Gasteiger partial charge in [0.05, 0.1) is 36.7 Å². The van der Waals surface area contributed by atoms with E-state index >= 15 is 0 Å². The highest BCUT2D eigenvalue weighted by Gasteiger charge is 2.36. The number of carbonyl (C=O) groups is 1. The molecule has 0 saturated heterocycles. The average Bonchev–Trinajstić information content (AvgIpc) is 3.30. The molecule has 0 aliphatic carbocycles. The Labute approximate surface area is 291 Å². The van der Waals surface area contributed by atoms with Crippen molar-refractivity contribution in [3.8, 4) is 11.5 Å². The van der Waals surface area contributed by atoms with Crippen LogP contribution in [0.15, 0.2) is 81.7 Å². The topological polar surface area (TPSA) is 79.1 Å². The van der Waals surface area contributed by atoms with Gasteiger partial charge in [0, 0.05) is 10.6 Å². The van der Waals surface area contributed by atoms with E-state index in [2.05, 4.69) is 45.2 Å². The zero-order valence-corrected chi connectivity index (χ0v) is 30.1. The molecule has 44 heavy (non-hydrogen) atoms. The predicted octanol–water partition coefficient (Wildman–Crippen LogP) is 7.03. The van der Waals surface area contributed by atoms with Gasteiger partial charge in [-0.2, -0.15) is 0 Å². The van der Waals surface area contributed by atoms with Gasteiger partial charge in [0.1, 0.15) is 24.1 Å². The summed E-state index contributed by atoms with van der Waals surface area (Å²) in [6.45, 7) is 4.42. The number of methoxy groups -OCH3 is 1. The standard InChI is InChI=1S/C33H29ClI2N2O5S/c1-4-9-25-28(32(40)42-5-2)29(22-17-21(34)12-13-26(22)41-3)38-31(39)27(44-33(38)37-25)16-20-14-23(35)30(24(36)15-20)43-18-19-10-7-6-8-11-19/h6-8,10-17,29H,4-5,9,18H2,1-3H3/b27-16+/t29-/m1/s1. The molecule has 4 aromatic rings. The summed E-state index contributed by atoms with van der Waals surface area (Å²) in [6.07, 6.45) is 3.15. The first-order valence-electron chi connectivity index (χ1n) is 14.0. The molecule has 0 unspecified atom stereocenters. The lowest BCUT2D eigenvalue weighted by atomic mass is 9.93. The molecule has 0 saturated carbocycles. The van der Waals surface area contributed by atoms with Crippen molar-refractivity contribution in [2.75, 3.05) is 13.7 Å². The predicted molar refractivity (Wildman–Crippen MR) is 190 cm³/mol. The van der Waals surface area contributed by atoms with Gasteiger partial charge in [0.25, 0.3) is 5.56 Å². The maximum Gasteiger partial charge on any atom is 0.338 e. The summed E-state index contributed by atoms with van der Waals surface area (Å²) in [6, 6.07) is 18.3. The number of carbonyl (C=O) groups excluding carboxylic acids is 1. The highest BCUT2D eigenvalue weighted by Crippen LogP contribution is 2.38. The van der Waals surface area contributed by atoms with Crippen molar-refractivity contribution in [2.45, 2.75) is 39.3 Å². The molecule has 1 aromatic heterocycles. The van der Waals surface area contributed by atoms with Crippen molar-refractivity contribution in [2.24, 2.45) is 4.99 Å². The van der Waals surface area contributed by atoms with Crippen molar-refractivity contribution in [1.29, 1.82) is 0 Å². The van der Waals surface area contributed by atoms with Gasteiger partial charge in [-0.25, -0.2) is 9.79 Å². The number of thiazole rings is 1. The molecule has 0 radical (unpaired) electrons. The van der Waals surface area contributed by atoms with E-state index in [1.165, 1.54) is 11.3 Å². The Morgan fingerprint density at radius 2 is 1.82 bits per heavy atom. The lowest BCUT2D eigenvalue weighted by Gasteiger charge is -2.27. The van der Waals surface area contributed by atoms with Gasteiger partial charge >= 0.3 is 5.97 Å². The smallest absolute Gasteiger partial charge is 0.338 e. The number of nitrogens with zero attached hydrogens (tertiary/aromatic N) is 2. The van der Waals surface area contributed by atoms with Crippen LogP contribution in [0.25, 0.3) is 6.08 Å². The maximum atomic E-state index is 14.2. The van der Waals surface area contributed by atoms with Gasteiger partial charge in [-0.05, 0) is 106 Å². The van der Waals surface area contributed by atoms with Gasteiger partial charge in [-0.1, -0.05) is 66.6 Å². The number of fused-ring (bicyclic) bond motifs is 1. The van der Waals surface area contributed by atoms with Gasteiger partial charge in [-0.15, -0.1) is 0 Å². The molecule has 11 heteroatoms. The first-order chi connectivity index (χ1) is 21.2. The normalized spacial score (nSPS) is 14.7. The molecule has 1 atom stereocenters. The third-order valence-electron chi connectivity index (χ3n) is 6.92. The fourth-order valence-corrected chi connectivity index (χ4v) is 8.34. The number of hydrogen-bond acceptors (Lipinski definition) is 7. The van der Waals surface area contributed by atoms with Crippen molar-refractivity contribution >= 4 is 80.2 Å². The minimum atomic E-state index is -0.823. The van der Waals surface area contributed by atoms with Crippen LogP contribution in [0.3, 0.4) is 0 Å². The number of hydrogen-bond donors (Lipinski definition) is 0. The zero-order chi connectivity index (χ0) is 31.4. The molecule has 0 spiro atoms. The molecular formula is C33H29ClI2N2O5S. The first-order valence-corrected chi connectivity index (χ1v) is 17.3. The van der Waals surface area contributed by atoms with E-state index in [1.54, 1.807) is 36.8 Å². The van der Waals surface area contributed by atoms with Crippen LogP contribution in [0.2, 0.25) is 5.02 Å². The highest BCUT2D eigenvalue weighted by molar-refractivity contribution is 14.1. The van der Waals surface area contributed by atoms with Crippen LogP contribution in [-0.2, 0) is 16.1 Å². The van der Waals surface area contributed by atoms with Crippen LogP contribution in [0.1, 0.15) is 49.4 Å². The Bertz CT molecular complexity index is 1900. The number of halogens is 3. The van der Waals surface area contributed by atoms with E-state index < -0.39 is 12.0 Å². The van der Waals surface area contributed by atoms with Crippen LogP contribution in [0.5, 0.6) is 11.5 Å². The number of esters is 1. The second-order valence-corrected chi connectivity index (χ2v) is 13.7. The molecule has 1 aliphatic heterocycles. The van der Waals surface area contributed by atoms with E-state index in [4.69, 9.17) is 30.8 Å². The molecule has 2 heterocycles. The van der Waals surface area contributed by atoms with Gasteiger partial charge in [0.2, 0.25) is 0 Å². The summed E-state index contributed by atoms with van der Waals surface area (Å²) in [4.78, 5) is 33.0. The molecule has 228 valence electrons. The van der Waals surface area contributed by atoms with Gasteiger partial charge in [0.15, 0.2) is 4.80 Å². The van der Waals surface area contributed by atoms with Gasteiger partial charge < -0.3 is 14.2 Å². The SMILES string of the molecule is CCCC1=C(C(=O)OCC)[C@@H](c2cc(Cl)ccc2OC)n2c(s/c(=C/c3cc(I)c(OCc4ccccc4)c(I)c3)c2=O)=N1. The lowest BCUT2D eigenvalue weighted by Crippen LogP contribution is -2.40. The molecular weight excluding hydrogens is 826 g/mol. The molecule has 1 aliphatic rings. The Morgan fingerprint density at radius 3 is 2.48 bits per heavy atom. The quantitative estimate of drug-likeness (QED) is 0.127. The third kappa shape index (κ3) is 6.92. The number of allylic oxidation sites excluding steroid dienone is 1. The molecule has 0 bridgehead atoms. The fraction of sp³-hybridized carbons (Fsp3) is 0.242. The molecule has 5 rings (SSSR count). The van der Waals surface area contributed by atoms with Crippen molar-refractivity contribution in [1.82, 2.24) is 4.57 Å². The van der Waals surface area contributed by atoms with Crippen LogP contribution < -0.4 is 24.4 Å². The molecule has 0 N–H and O–H groups in total. The van der Waals surface area contributed by atoms with Crippen LogP contribution in [-0.4, -0.2) is 24.3 Å². The minimum absolute atomic E-state index is 0.188. The highest BCUT2D eigenvalue weighted by atomic mass is 127. The summed E-state index contributed by atoms with van der Waals surface area (Å²) < 4.78 is 21.2. The summed E-state index contributed by atoms with van der Waals surface area (Å²) in [5, 5.41) is 0.457. The van der Waals surface area contributed by atoms with Crippen molar-refractivity contribution < 1.29 is 19.0 Å². The molecule has 0 amide bonds. The minimum Gasteiger partial charge on any atom is -0.496 e. The lowest BCUT2D eigenvalue weighted by molar-refractivity contribution is -0.139. The third-order valence-corrected chi connectivity index (χ3v) is 9.74. The van der Waals surface area contributed by atoms with E-state index in [9.17, 15) is 9.59 Å². The Hall–Kier alpha value is -2.68. The summed E-state index contributed by atoms with van der Waals surface area (Å²) >= 11 is 12.3. The number of rotatable bonds is 10. The summed E-state index contributed by atoms with van der Waals surface area (Å²) in [5.74, 6) is 0.782. The number of aromatic nitrogens is 1. The number of benzene rings is 3. The molecule has 7 nitrogen and oxygen atoms in total. The summed E-state index contributed by atoms with van der Waals surface area (Å²) in [7, 11) is 1.55. The van der Waals surface area contributed by atoms with E-state index in [-0.39, 0.29) is 12.2 Å². The fourth-order valence-electron chi connectivity index (χ4n) is 5.02. The van der Waals surface area contributed by atoms with Crippen LogP contribution >= 0.6 is 68.1 Å². The second-order valence-electron chi connectivity index (χ2n) is 9.89.